The van der Waals surface area contributed by atoms with Crippen LogP contribution in [0.4, 0.5) is 0 Å². The largest absolute Gasteiger partial charge is 0.497 e. The van der Waals surface area contributed by atoms with Crippen molar-refractivity contribution in [1.82, 2.24) is 4.57 Å². The zero-order chi connectivity index (χ0) is 11.9. The minimum absolute atomic E-state index is 0.0381. The van der Waals surface area contributed by atoms with Gasteiger partial charge in [0.15, 0.2) is 5.78 Å². The van der Waals surface area contributed by atoms with Crippen LogP contribution >= 0.6 is 11.6 Å². The average molecular weight is 238 g/mol. The number of halogens is 1. The Morgan fingerprint density at radius 1 is 1.44 bits per heavy atom. The summed E-state index contributed by atoms with van der Waals surface area (Å²) in [5.41, 5.74) is 1.48. The summed E-state index contributed by atoms with van der Waals surface area (Å²) in [7, 11) is 3.43. The van der Waals surface area contributed by atoms with Gasteiger partial charge < -0.3 is 9.30 Å². The molecule has 0 bridgehead atoms. The number of ether oxygens (including phenoxy) is 1. The fourth-order valence-corrected chi connectivity index (χ4v) is 2.18. The van der Waals surface area contributed by atoms with Gasteiger partial charge in [0.25, 0.3) is 0 Å². The summed E-state index contributed by atoms with van der Waals surface area (Å²) in [6.45, 7) is 1.51. The predicted molar refractivity (Wildman–Crippen MR) is 64.5 cm³/mol. The summed E-state index contributed by atoms with van der Waals surface area (Å²) in [6, 6.07) is 5.58. The van der Waals surface area contributed by atoms with Gasteiger partial charge in [0.1, 0.15) is 10.9 Å². The molecule has 0 spiro atoms. The molecule has 4 heteroatoms. The summed E-state index contributed by atoms with van der Waals surface area (Å²) in [5, 5.41) is 1.30. The molecule has 0 aliphatic heterocycles. The number of Topliss-reactive ketones (excluding diaryl/α,β-unsaturated/α-hetero) is 1. The van der Waals surface area contributed by atoms with E-state index in [2.05, 4.69) is 0 Å². The first kappa shape index (κ1) is 11.0. The Hall–Kier alpha value is -1.48. The number of hydrogen-bond acceptors (Lipinski definition) is 2. The summed E-state index contributed by atoms with van der Waals surface area (Å²) in [5.74, 6) is 0.682. The molecule has 0 unspecified atom stereocenters. The first-order valence-corrected chi connectivity index (χ1v) is 5.27. The quantitative estimate of drug-likeness (QED) is 0.752. The molecule has 0 aliphatic carbocycles. The smallest absolute Gasteiger partial charge is 0.163 e. The maximum atomic E-state index is 11.6. The van der Waals surface area contributed by atoms with Crippen LogP contribution in [0.15, 0.2) is 18.2 Å². The number of aryl methyl sites for hydroxylation is 1. The van der Waals surface area contributed by atoms with Gasteiger partial charge >= 0.3 is 0 Å². The molecule has 1 aromatic heterocycles. The zero-order valence-corrected chi connectivity index (χ0v) is 10.1. The molecule has 84 valence electrons. The molecule has 1 aromatic carbocycles. The monoisotopic (exact) mass is 237 g/mol. The Morgan fingerprint density at radius 3 is 2.69 bits per heavy atom. The molecular weight excluding hydrogens is 226 g/mol. The molecule has 0 radical (unpaired) electrons. The van der Waals surface area contributed by atoms with Gasteiger partial charge in [0.2, 0.25) is 0 Å². The van der Waals surface area contributed by atoms with Crippen LogP contribution in [0, 0.1) is 0 Å². The average Bonchev–Trinajstić information content (AvgIpc) is 2.51. The first-order valence-electron chi connectivity index (χ1n) is 4.89. The van der Waals surface area contributed by atoms with E-state index in [4.69, 9.17) is 16.3 Å². The van der Waals surface area contributed by atoms with E-state index in [1.54, 1.807) is 11.7 Å². The Bertz CT molecular complexity index is 572. The van der Waals surface area contributed by atoms with Gasteiger partial charge in [0, 0.05) is 18.0 Å². The molecule has 3 nitrogen and oxygen atoms in total. The van der Waals surface area contributed by atoms with E-state index in [-0.39, 0.29) is 5.78 Å². The predicted octanol–water partition coefficient (Wildman–Crippen LogP) is 3.04. The van der Waals surface area contributed by atoms with Crippen molar-refractivity contribution >= 4 is 28.3 Å². The zero-order valence-electron chi connectivity index (χ0n) is 9.37. The SMILES string of the molecule is COc1ccc2c(c1)c(C(C)=O)c(Cl)n2C. The molecule has 16 heavy (non-hydrogen) atoms. The molecule has 2 rings (SSSR count). The van der Waals surface area contributed by atoms with E-state index in [9.17, 15) is 4.79 Å². The molecule has 0 N–H and O–H groups in total. The fourth-order valence-electron chi connectivity index (χ4n) is 1.85. The van der Waals surface area contributed by atoms with E-state index < -0.39 is 0 Å². The molecule has 0 saturated heterocycles. The third-order valence-electron chi connectivity index (χ3n) is 2.69. The summed E-state index contributed by atoms with van der Waals surface area (Å²) < 4.78 is 6.94. The van der Waals surface area contributed by atoms with Gasteiger partial charge in [0.05, 0.1) is 12.7 Å². The van der Waals surface area contributed by atoms with Gasteiger partial charge in [-0.1, -0.05) is 11.6 Å². The molecule has 2 aromatic rings. The van der Waals surface area contributed by atoms with Gasteiger partial charge in [-0.2, -0.15) is 0 Å². The summed E-state index contributed by atoms with van der Waals surface area (Å²) in [4.78, 5) is 11.6. The Labute approximate surface area is 98.6 Å². The van der Waals surface area contributed by atoms with Crippen LogP contribution in [-0.2, 0) is 7.05 Å². The van der Waals surface area contributed by atoms with Crippen molar-refractivity contribution in [1.29, 1.82) is 0 Å². The first-order chi connectivity index (χ1) is 7.56. The topological polar surface area (TPSA) is 31.2 Å². The van der Waals surface area contributed by atoms with E-state index >= 15 is 0 Å². The van der Waals surface area contributed by atoms with E-state index in [0.29, 0.717) is 10.7 Å². The highest BCUT2D eigenvalue weighted by molar-refractivity contribution is 6.35. The lowest BCUT2D eigenvalue weighted by atomic mass is 10.1. The number of nitrogens with zero attached hydrogens (tertiary/aromatic N) is 1. The third kappa shape index (κ3) is 1.48. The fraction of sp³-hybridized carbons (Fsp3) is 0.250. The number of ketones is 1. The van der Waals surface area contributed by atoms with E-state index in [1.165, 1.54) is 6.92 Å². The van der Waals surface area contributed by atoms with Crippen LogP contribution in [0.1, 0.15) is 17.3 Å². The van der Waals surface area contributed by atoms with Crippen molar-refractivity contribution in [3.05, 3.63) is 28.9 Å². The normalized spacial score (nSPS) is 10.8. The lowest BCUT2D eigenvalue weighted by Gasteiger charge is -2.00. The number of benzene rings is 1. The molecule has 0 fully saturated rings. The Kier molecular flexibility index (Phi) is 2.64. The van der Waals surface area contributed by atoms with Gasteiger partial charge in [-0.05, 0) is 25.1 Å². The number of methoxy groups -OCH3 is 1. The number of hydrogen-bond donors (Lipinski definition) is 0. The van der Waals surface area contributed by atoms with Gasteiger partial charge in [-0.25, -0.2) is 0 Å². The van der Waals surface area contributed by atoms with Crippen molar-refractivity contribution in [2.45, 2.75) is 6.92 Å². The van der Waals surface area contributed by atoms with Crippen LogP contribution in [0.2, 0.25) is 5.15 Å². The highest BCUT2D eigenvalue weighted by atomic mass is 35.5. The second-order valence-corrected chi connectivity index (χ2v) is 4.02. The van der Waals surface area contributed by atoms with E-state index in [0.717, 1.165) is 16.7 Å². The minimum atomic E-state index is -0.0381. The number of carbonyl (C=O) groups is 1. The summed E-state index contributed by atoms with van der Waals surface area (Å²) >= 11 is 6.13. The lowest BCUT2D eigenvalue weighted by molar-refractivity contribution is 0.101. The minimum Gasteiger partial charge on any atom is -0.497 e. The maximum absolute atomic E-state index is 11.6. The number of aromatic nitrogens is 1. The van der Waals surface area contributed by atoms with E-state index in [1.807, 2.05) is 25.2 Å². The molecule has 1 heterocycles. The van der Waals surface area contributed by atoms with Gasteiger partial charge in [-0.15, -0.1) is 0 Å². The van der Waals surface area contributed by atoms with Crippen molar-refractivity contribution < 1.29 is 9.53 Å². The number of rotatable bonds is 2. The van der Waals surface area contributed by atoms with Crippen LogP contribution in [0.5, 0.6) is 5.75 Å². The Balaban J connectivity index is 2.86. The number of fused-ring (bicyclic) bond motifs is 1. The lowest BCUT2D eigenvalue weighted by Crippen LogP contribution is -1.92. The summed E-state index contributed by atoms with van der Waals surface area (Å²) in [6.07, 6.45) is 0. The molecule has 0 saturated carbocycles. The van der Waals surface area contributed by atoms with Crippen molar-refractivity contribution in [2.75, 3.05) is 7.11 Å². The van der Waals surface area contributed by atoms with Gasteiger partial charge in [-0.3, -0.25) is 4.79 Å². The Morgan fingerprint density at radius 2 is 2.12 bits per heavy atom. The number of carbonyl (C=O) groups excluding carboxylic acids is 1. The van der Waals surface area contributed by atoms with Crippen LogP contribution < -0.4 is 4.74 Å². The molecular formula is C12H12ClNO2. The highest BCUT2D eigenvalue weighted by Crippen LogP contribution is 2.31. The van der Waals surface area contributed by atoms with Crippen LogP contribution in [-0.4, -0.2) is 17.5 Å². The third-order valence-corrected chi connectivity index (χ3v) is 3.13. The van der Waals surface area contributed by atoms with Crippen LogP contribution in [0.25, 0.3) is 10.9 Å². The van der Waals surface area contributed by atoms with Crippen molar-refractivity contribution in [3.8, 4) is 5.75 Å². The second kappa shape index (κ2) is 3.83. The highest BCUT2D eigenvalue weighted by Gasteiger charge is 2.17. The molecule has 0 atom stereocenters. The van der Waals surface area contributed by atoms with Crippen molar-refractivity contribution in [2.24, 2.45) is 7.05 Å². The molecule has 0 aliphatic rings. The maximum Gasteiger partial charge on any atom is 0.163 e. The second-order valence-electron chi connectivity index (χ2n) is 3.66. The molecule has 0 amide bonds. The standard InChI is InChI=1S/C12H12ClNO2/c1-7(15)11-9-6-8(16-3)4-5-10(9)14(2)12(11)13/h4-6H,1-3H3. The van der Waals surface area contributed by atoms with Crippen molar-refractivity contribution in [3.63, 3.8) is 0 Å². The van der Waals surface area contributed by atoms with Crippen LogP contribution in [0.3, 0.4) is 0 Å².